The molecule has 4 N–H and O–H groups in total. The van der Waals surface area contributed by atoms with Gasteiger partial charge in [-0.1, -0.05) is 11.6 Å². The van der Waals surface area contributed by atoms with Gasteiger partial charge in [0.1, 0.15) is 0 Å². The molecule has 0 unspecified atom stereocenters. The van der Waals surface area contributed by atoms with E-state index in [1.165, 1.54) is 0 Å². The van der Waals surface area contributed by atoms with Crippen LogP contribution in [0.4, 0.5) is 11.5 Å². The highest BCUT2D eigenvalue weighted by atomic mass is 79.9. The summed E-state index contributed by atoms with van der Waals surface area (Å²) in [6.45, 7) is 1.86. The number of hydrazine groups is 1. The molecule has 20 heavy (non-hydrogen) atoms. The van der Waals surface area contributed by atoms with Gasteiger partial charge in [-0.25, -0.2) is 10.8 Å². The maximum Gasteiger partial charge on any atom is 0.259 e. The van der Waals surface area contributed by atoms with E-state index in [4.69, 9.17) is 17.4 Å². The number of rotatable bonds is 3. The monoisotopic (exact) mass is 354 g/mol. The average Bonchev–Trinajstić information content (AvgIpc) is 2.41. The highest BCUT2D eigenvalue weighted by molar-refractivity contribution is 9.10. The number of aromatic nitrogens is 1. The van der Waals surface area contributed by atoms with E-state index in [2.05, 4.69) is 31.7 Å². The summed E-state index contributed by atoms with van der Waals surface area (Å²) in [5.41, 5.74) is 4.30. The smallest absolute Gasteiger partial charge is 0.259 e. The van der Waals surface area contributed by atoms with Crippen molar-refractivity contribution >= 4 is 44.9 Å². The zero-order chi connectivity index (χ0) is 14.7. The zero-order valence-electron chi connectivity index (χ0n) is 10.6. The number of hydrogen-bond acceptors (Lipinski definition) is 4. The molecular weight excluding hydrogens is 344 g/mol. The predicted molar refractivity (Wildman–Crippen MR) is 83.9 cm³/mol. The lowest BCUT2D eigenvalue weighted by Gasteiger charge is -2.11. The Morgan fingerprint density at radius 2 is 2.15 bits per heavy atom. The number of nitrogen functional groups attached to an aromatic ring is 1. The van der Waals surface area contributed by atoms with Crippen molar-refractivity contribution in [3.05, 3.63) is 51.1 Å². The highest BCUT2D eigenvalue weighted by Crippen LogP contribution is 2.22. The number of halogens is 2. The average molecular weight is 356 g/mol. The molecular formula is C13H12BrClN4O. The third-order valence-corrected chi connectivity index (χ3v) is 3.34. The standard InChI is InChI=1S/C13H12BrClN4O/c1-7-4-9(15)2-3-11(7)18-13(20)10-5-8(14)6-17-12(10)19-16/h2-6H,16H2,1H3,(H,17,19)(H,18,20). The predicted octanol–water partition coefficient (Wildman–Crippen LogP) is 3.34. The summed E-state index contributed by atoms with van der Waals surface area (Å²) in [6, 6.07) is 6.88. The molecule has 1 amide bonds. The Morgan fingerprint density at radius 3 is 2.80 bits per heavy atom. The Balaban J connectivity index is 2.30. The van der Waals surface area contributed by atoms with Gasteiger partial charge < -0.3 is 10.7 Å². The van der Waals surface area contributed by atoms with Gasteiger partial charge in [-0.15, -0.1) is 0 Å². The van der Waals surface area contributed by atoms with Crippen LogP contribution in [0.25, 0.3) is 0 Å². The molecule has 0 radical (unpaired) electrons. The maximum atomic E-state index is 12.3. The second-order valence-corrected chi connectivity index (χ2v) is 5.46. The number of amides is 1. The minimum Gasteiger partial charge on any atom is -0.322 e. The van der Waals surface area contributed by atoms with Gasteiger partial charge in [0.15, 0.2) is 5.82 Å². The van der Waals surface area contributed by atoms with Crippen LogP contribution < -0.4 is 16.6 Å². The number of carbonyl (C=O) groups is 1. The first kappa shape index (κ1) is 14.8. The van der Waals surface area contributed by atoms with Gasteiger partial charge >= 0.3 is 0 Å². The molecule has 1 heterocycles. The number of benzene rings is 1. The number of nitrogens with two attached hydrogens (primary N) is 1. The van der Waals surface area contributed by atoms with Crippen molar-refractivity contribution in [1.82, 2.24) is 4.98 Å². The molecule has 0 aliphatic rings. The first-order chi connectivity index (χ1) is 9.51. The number of pyridine rings is 1. The Kier molecular flexibility index (Phi) is 4.59. The van der Waals surface area contributed by atoms with Crippen molar-refractivity contribution in [3.8, 4) is 0 Å². The van der Waals surface area contributed by atoms with Gasteiger partial charge in [-0.05, 0) is 52.7 Å². The Labute approximate surface area is 129 Å². The number of carbonyl (C=O) groups excluding carboxylic acids is 1. The molecule has 0 aliphatic carbocycles. The first-order valence-electron chi connectivity index (χ1n) is 5.71. The lowest BCUT2D eigenvalue weighted by Crippen LogP contribution is -2.18. The van der Waals surface area contributed by atoms with Crippen molar-refractivity contribution in [3.63, 3.8) is 0 Å². The van der Waals surface area contributed by atoms with Gasteiger partial charge in [0, 0.05) is 21.4 Å². The molecule has 0 aliphatic heterocycles. The van der Waals surface area contributed by atoms with Gasteiger partial charge in [-0.3, -0.25) is 4.79 Å². The first-order valence-corrected chi connectivity index (χ1v) is 6.88. The van der Waals surface area contributed by atoms with E-state index in [0.29, 0.717) is 26.6 Å². The van der Waals surface area contributed by atoms with Crippen LogP contribution in [0.5, 0.6) is 0 Å². The Morgan fingerprint density at radius 1 is 1.40 bits per heavy atom. The second-order valence-electron chi connectivity index (χ2n) is 4.11. The Bertz CT molecular complexity index is 663. The number of anilines is 2. The van der Waals surface area contributed by atoms with Gasteiger partial charge in [0.2, 0.25) is 0 Å². The second kappa shape index (κ2) is 6.21. The van der Waals surface area contributed by atoms with Crippen LogP contribution in [0.3, 0.4) is 0 Å². The van der Waals surface area contributed by atoms with E-state index < -0.39 is 0 Å². The molecule has 5 nitrogen and oxygen atoms in total. The largest absolute Gasteiger partial charge is 0.322 e. The molecule has 0 fully saturated rings. The summed E-state index contributed by atoms with van der Waals surface area (Å²) in [4.78, 5) is 16.3. The maximum absolute atomic E-state index is 12.3. The molecule has 0 atom stereocenters. The third-order valence-electron chi connectivity index (χ3n) is 2.67. The fourth-order valence-corrected chi connectivity index (χ4v) is 2.24. The Hall–Kier alpha value is -1.63. The molecule has 0 bridgehead atoms. The summed E-state index contributed by atoms with van der Waals surface area (Å²) < 4.78 is 0.689. The molecule has 1 aromatic heterocycles. The van der Waals surface area contributed by atoms with Crippen LogP contribution in [0.15, 0.2) is 34.9 Å². The lowest BCUT2D eigenvalue weighted by atomic mass is 10.2. The molecule has 0 saturated heterocycles. The molecule has 1 aromatic carbocycles. The summed E-state index contributed by atoms with van der Waals surface area (Å²) in [7, 11) is 0. The topological polar surface area (TPSA) is 80.0 Å². The number of aryl methyl sites for hydroxylation is 1. The van der Waals surface area contributed by atoms with E-state index in [1.807, 2.05) is 6.92 Å². The van der Waals surface area contributed by atoms with Crippen LogP contribution >= 0.6 is 27.5 Å². The normalized spacial score (nSPS) is 10.2. The van der Waals surface area contributed by atoms with Crippen molar-refractivity contribution < 1.29 is 4.79 Å². The number of hydrogen-bond donors (Lipinski definition) is 3. The summed E-state index contributed by atoms with van der Waals surface area (Å²) in [5.74, 6) is 5.35. The quantitative estimate of drug-likeness (QED) is 0.583. The highest BCUT2D eigenvalue weighted by Gasteiger charge is 2.14. The fraction of sp³-hybridized carbons (Fsp3) is 0.0769. The molecule has 104 valence electrons. The van der Waals surface area contributed by atoms with Crippen molar-refractivity contribution in [2.45, 2.75) is 6.92 Å². The van der Waals surface area contributed by atoms with E-state index in [0.717, 1.165) is 5.56 Å². The van der Waals surface area contributed by atoms with Crippen molar-refractivity contribution in [1.29, 1.82) is 0 Å². The minimum atomic E-state index is -0.308. The lowest BCUT2D eigenvalue weighted by molar-refractivity contribution is 0.102. The van der Waals surface area contributed by atoms with Gasteiger partial charge in [-0.2, -0.15) is 0 Å². The van der Waals surface area contributed by atoms with E-state index in [9.17, 15) is 4.79 Å². The summed E-state index contributed by atoms with van der Waals surface area (Å²) in [5, 5.41) is 3.42. The third kappa shape index (κ3) is 3.27. The van der Waals surface area contributed by atoms with Crippen LogP contribution in [-0.2, 0) is 0 Å². The van der Waals surface area contributed by atoms with Crippen molar-refractivity contribution in [2.24, 2.45) is 5.84 Å². The van der Waals surface area contributed by atoms with E-state index >= 15 is 0 Å². The fourth-order valence-electron chi connectivity index (χ4n) is 1.68. The molecule has 7 heteroatoms. The van der Waals surface area contributed by atoms with Crippen LogP contribution in [0.2, 0.25) is 5.02 Å². The molecule has 0 saturated carbocycles. The number of nitrogens with one attached hydrogen (secondary N) is 2. The summed E-state index contributed by atoms with van der Waals surface area (Å²) >= 11 is 9.16. The summed E-state index contributed by atoms with van der Waals surface area (Å²) in [6.07, 6.45) is 1.56. The molecule has 2 rings (SSSR count). The van der Waals surface area contributed by atoms with E-state index in [-0.39, 0.29) is 5.91 Å². The molecule has 2 aromatic rings. The minimum absolute atomic E-state index is 0.303. The zero-order valence-corrected chi connectivity index (χ0v) is 12.9. The number of nitrogens with zero attached hydrogens (tertiary/aromatic N) is 1. The van der Waals surface area contributed by atoms with Crippen LogP contribution in [0, 0.1) is 6.92 Å². The molecule has 0 spiro atoms. The van der Waals surface area contributed by atoms with Crippen molar-refractivity contribution in [2.75, 3.05) is 10.7 Å². The van der Waals surface area contributed by atoms with Crippen LogP contribution in [-0.4, -0.2) is 10.9 Å². The van der Waals surface area contributed by atoms with Gasteiger partial charge in [0.05, 0.1) is 5.56 Å². The van der Waals surface area contributed by atoms with Crippen LogP contribution in [0.1, 0.15) is 15.9 Å². The SMILES string of the molecule is Cc1cc(Cl)ccc1NC(=O)c1cc(Br)cnc1NN. The van der Waals surface area contributed by atoms with Gasteiger partial charge in [0.25, 0.3) is 5.91 Å². The van der Waals surface area contributed by atoms with E-state index in [1.54, 1.807) is 30.5 Å².